The first kappa shape index (κ1) is 11.8. The summed E-state index contributed by atoms with van der Waals surface area (Å²) in [6, 6.07) is 3.78. The lowest BCUT2D eigenvalue weighted by Gasteiger charge is -2.04. The molecule has 0 amide bonds. The second kappa shape index (κ2) is 4.47. The normalized spacial score (nSPS) is 11.0. The topological polar surface area (TPSA) is 102 Å². The molecule has 3 aromatic heterocycles. The Labute approximate surface area is 115 Å². The summed E-state index contributed by atoms with van der Waals surface area (Å²) >= 11 is 3.32. The molecule has 0 spiro atoms. The number of H-pyrrole nitrogens is 1. The lowest BCUT2D eigenvalue weighted by atomic mass is 10.3. The standard InChI is InChI=1S/C11H9BrN6O/c12-10-15-7-8(16-11(13)17-9(7)19)18(10)5-6-2-1-3-14-4-6/h1-4H,5H2,(H3,13,16,17,19). The van der Waals surface area contributed by atoms with E-state index in [2.05, 4.69) is 35.9 Å². The van der Waals surface area contributed by atoms with Gasteiger partial charge in [-0.3, -0.25) is 19.3 Å². The average Bonchev–Trinajstić information content (AvgIpc) is 2.69. The van der Waals surface area contributed by atoms with Crippen molar-refractivity contribution in [3.8, 4) is 0 Å². The molecule has 19 heavy (non-hydrogen) atoms. The molecule has 0 saturated carbocycles. The van der Waals surface area contributed by atoms with E-state index in [4.69, 9.17) is 5.73 Å². The number of halogens is 1. The highest BCUT2D eigenvalue weighted by atomic mass is 79.9. The van der Waals surface area contributed by atoms with Crippen LogP contribution in [-0.2, 0) is 6.54 Å². The summed E-state index contributed by atoms with van der Waals surface area (Å²) in [6.45, 7) is 0.501. The van der Waals surface area contributed by atoms with Gasteiger partial charge in [-0.1, -0.05) is 6.07 Å². The van der Waals surface area contributed by atoms with Crippen LogP contribution >= 0.6 is 15.9 Å². The van der Waals surface area contributed by atoms with E-state index in [1.165, 1.54) is 0 Å². The zero-order valence-corrected chi connectivity index (χ0v) is 11.3. The van der Waals surface area contributed by atoms with Crippen LogP contribution in [0.1, 0.15) is 5.56 Å². The van der Waals surface area contributed by atoms with Crippen LogP contribution in [0.25, 0.3) is 11.2 Å². The number of hydrogen-bond acceptors (Lipinski definition) is 5. The van der Waals surface area contributed by atoms with Crippen molar-refractivity contribution in [1.82, 2.24) is 24.5 Å². The summed E-state index contributed by atoms with van der Waals surface area (Å²) in [5.74, 6) is 0.0670. The molecule has 3 aromatic rings. The molecule has 0 fully saturated rings. The van der Waals surface area contributed by atoms with Crippen LogP contribution in [0.2, 0.25) is 0 Å². The molecule has 0 aliphatic rings. The number of hydrogen-bond donors (Lipinski definition) is 2. The Bertz CT molecular complexity index is 794. The predicted molar refractivity (Wildman–Crippen MR) is 73.6 cm³/mol. The number of rotatable bonds is 2. The fourth-order valence-electron chi connectivity index (χ4n) is 1.82. The van der Waals surface area contributed by atoms with Crippen molar-refractivity contribution in [1.29, 1.82) is 0 Å². The molecule has 7 nitrogen and oxygen atoms in total. The van der Waals surface area contributed by atoms with E-state index in [1.807, 2.05) is 12.1 Å². The van der Waals surface area contributed by atoms with Crippen molar-refractivity contribution < 1.29 is 0 Å². The third-order valence-corrected chi connectivity index (χ3v) is 3.25. The van der Waals surface area contributed by atoms with Gasteiger partial charge in [0.2, 0.25) is 5.95 Å². The number of fused-ring (bicyclic) bond motifs is 1. The Morgan fingerprint density at radius 3 is 3.00 bits per heavy atom. The van der Waals surface area contributed by atoms with Crippen LogP contribution in [0, 0.1) is 0 Å². The number of aromatic nitrogens is 5. The molecule has 0 radical (unpaired) electrons. The van der Waals surface area contributed by atoms with Gasteiger partial charge in [0.25, 0.3) is 5.56 Å². The molecule has 0 saturated heterocycles. The van der Waals surface area contributed by atoms with Crippen LogP contribution in [0.3, 0.4) is 0 Å². The highest BCUT2D eigenvalue weighted by Gasteiger charge is 2.14. The second-order valence-electron chi connectivity index (χ2n) is 3.95. The predicted octanol–water partition coefficient (Wildman–Crippen LogP) is 0.908. The van der Waals surface area contributed by atoms with Crippen LogP contribution < -0.4 is 11.3 Å². The van der Waals surface area contributed by atoms with E-state index >= 15 is 0 Å². The van der Waals surface area contributed by atoms with Crippen molar-refractivity contribution in [2.75, 3.05) is 5.73 Å². The summed E-state index contributed by atoms with van der Waals surface area (Å²) in [5, 5.41) is 0. The Balaban J connectivity index is 2.18. The maximum absolute atomic E-state index is 11.7. The lowest BCUT2D eigenvalue weighted by molar-refractivity contribution is 0.787. The summed E-state index contributed by atoms with van der Waals surface area (Å²) in [4.78, 5) is 26.5. The fourth-order valence-corrected chi connectivity index (χ4v) is 2.29. The second-order valence-corrected chi connectivity index (χ2v) is 4.66. The molecule has 0 aliphatic heterocycles. The van der Waals surface area contributed by atoms with Gasteiger partial charge in [-0.15, -0.1) is 0 Å². The van der Waals surface area contributed by atoms with Crippen molar-refractivity contribution in [2.24, 2.45) is 0 Å². The van der Waals surface area contributed by atoms with Crippen molar-refractivity contribution >= 4 is 33.0 Å². The highest BCUT2D eigenvalue weighted by molar-refractivity contribution is 9.10. The van der Waals surface area contributed by atoms with E-state index in [-0.39, 0.29) is 17.0 Å². The van der Waals surface area contributed by atoms with Gasteiger partial charge >= 0.3 is 0 Å². The van der Waals surface area contributed by atoms with Gasteiger partial charge in [-0.05, 0) is 27.6 Å². The Morgan fingerprint density at radius 1 is 1.42 bits per heavy atom. The molecular weight excluding hydrogens is 312 g/mol. The fraction of sp³-hybridized carbons (Fsp3) is 0.0909. The molecule has 0 aliphatic carbocycles. The SMILES string of the molecule is Nc1nc2c(nc(Br)n2Cc2cccnc2)c(=O)[nH]1. The van der Waals surface area contributed by atoms with E-state index < -0.39 is 0 Å². The van der Waals surface area contributed by atoms with Crippen molar-refractivity contribution in [2.45, 2.75) is 6.54 Å². The van der Waals surface area contributed by atoms with Crippen LogP contribution in [0.15, 0.2) is 34.1 Å². The Kier molecular flexibility index (Phi) is 2.79. The van der Waals surface area contributed by atoms with Gasteiger partial charge in [-0.2, -0.15) is 4.98 Å². The van der Waals surface area contributed by atoms with E-state index in [0.717, 1.165) is 5.56 Å². The van der Waals surface area contributed by atoms with Gasteiger partial charge < -0.3 is 5.73 Å². The number of nitrogens with zero attached hydrogens (tertiary/aromatic N) is 4. The number of nitrogens with two attached hydrogens (primary N) is 1. The van der Waals surface area contributed by atoms with Gasteiger partial charge in [0.05, 0.1) is 6.54 Å². The minimum absolute atomic E-state index is 0.0670. The van der Waals surface area contributed by atoms with Crippen LogP contribution in [0.5, 0.6) is 0 Å². The number of nitrogens with one attached hydrogen (secondary N) is 1. The number of aromatic amines is 1. The van der Waals surface area contributed by atoms with Crippen LogP contribution in [-0.4, -0.2) is 24.5 Å². The maximum Gasteiger partial charge on any atom is 0.280 e. The maximum atomic E-state index is 11.7. The van der Waals surface area contributed by atoms with Gasteiger partial charge in [0, 0.05) is 12.4 Å². The van der Waals surface area contributed by atoms with Crippen molar-refractivity contribution in [3.05, 3.63) is 45.2 Å². The number of pyridine rings is 1. The molecule has 3 rings (SSSR count). The zero-order valence-electron chi connectivity index (χ0n) is 9.67. The van der Waals surface area contributed by atoms with E-state index in [9.17, 15) is 4.79 Å². The zero-order chi connectivity index (χ0) is 13.4. The summed E-state index contributed by atoms with van der Waals surface area (Å²) in [5.41, 5.74) is 6.88. The Hall–Kier alpha value is -2.22. The first-order chi connectivity index (χ1) is 9.15. The third kappa shape index (κ3) is 2.10. The molecule has 0 aromatic carbocycles. The first-order valence-corrected chi connectivity index (χ1v) is 6.25. The molecular formula is C11H9BrN6O. The number of nitrogen functional groups attached to an aromatic ring is 1. The minimum Gasteiger partial charge on any atom is -0.369 e. The summed E-state index contributed by atoms with van der Waals surface area (Å²) < 4.78 is 2.28. The molecule has 8 heteroatoms. The van der Waals surface area contributed by atoms with Gasteiger partial charge in [0.1, 0.15) is 0 Å². The molecule has 0 atom stereocenters. The quantitative estimate of drug-likeness (QED) is 0.683. The molecule has 0 bridgehead atoms. The minimum atomic E-state index is -0.354. The van der Waals surface area contributed by atoms with E-state index in [0.29, 0.717) is 16.9 Å². The third-order valence-electron chi connectivity index (χ3n) is 2.64. The lowest BCUT2D eigenvalue weighted by Crippen LogP contribution is -2.12. The largest absolute Gasteiger partial charge is 0.369 e. The molecule has 3 heterocycles. The molecule has 3 N–H and O–H groups in total. The Morgan fingerprint density at radius 2 is 2.26 bits per heavy atom. The highest BCUT2D eigenvalue weighted by Crippen LogP contribution is 2.18. The smallest absolute Gasteiger partial charge is 0.280 e. The monoisotopic (exact) mass is 320 g/mol. The van der Waals surface area contributed by atoms with Crippen LogP contribution in [0.4, 0.5) is 5.95 Å². The first-order valence-electron chi connectivity index (χ1n) is 5.45. The number of anilines is 1. The number of imidazole rings is 1. The average molecular weight is 321 g/mol. The molecule has 96 valence electrons. The van der Waals surface area contributed by atoms with Gasteiger partial charge in [-0.25, -0.2) is 4.98 Å². The van der Waals surface area contributed by atoms with Gasteiger partial charge in [0.15, 0.2) is 15.9 Å². The summed E-state index contributed by atoms with van der Waals surface area (Å²) in [7, 11) is 0. The van der Waals surface area contributed by atoms with Crippen molar-refractivity contribution in [3.63, 3.8) is 0 Å². The van der Waals surface area contributed by atoms with E-state index in [1.54, 1.807) is 17.0 Å². The molecule has 0 unspecified atom stereocenters. The summed E-state index contributed by atoms with van der Waals surface area (Å²) in [6.07, 6.45) is 3.44.